The number of aryl methyl sites for hydroxylation is 2. The topological polar surface area (TPSA) is 29.9 Å². The Morgan fingerprint density at radius 3 is 3.06 bits per heavy atom. The van der Waals surface area contributed by atoms with Crippen molar-refractivity contribution in [3.8, 4) is 0 Å². The van der Waals surface area contributed by atoms with Crippen molar-refractivity contribution in [3.63, 3.8) is 0 Å². The van der Waals surface area contributed by atoms with Gasteiger partial charge >= 0.3 is 0 Å². The van der Waals surface area contributed by atoms with Crippen LogP contribution < -0.4 is 5.32 Å². The van der Waals surface area contributed by atoms with Gasteiger partial charge in [-0.25, -0.2) is 4.98 Å². The van der Waals surface area contributed by atoms with E-state index in [1.165, 1.54) is 17.0 Å². The van der Waals surface area contributed by atoms with Gasteiger partial charge in [-0.05, 0) is 25.0 Å². The molecule has 0 spiro atoms. The van der Waals surface area contributed by atoms with E-state index in [1.54, 1.807) is 11.3 Å². The van der Waals surface area contributed by atoms with Crippen LogP contribution in [0.2, 0.25) is 0 Å². The van der Waals surface area contributed by atoms with Crippen LogP contribution in [-0.4, -0.2) is 16.1 Å². The van der Waals surface area contributed by atoms with Crippen molar-refractivity contribution in [3.05, 3.63) is 40.1 Å². The molecule has 0 saturated heterocycles. The third kappa shape index (κ3) is 3.96. The molecule has 0 fully saturated rings. The van der Waals surface area contributed by atoms with Gasteiger partial charge < -0.3 is 9.88 Å². The summed E-state index contributed by atoms with van der Waals surface area (Å²) >= 11 is 1.75. The maximum absolute atomic E-state index is 4.46. The zero-order valence-corrected chi connectivity index (χ0v) is 12.0. The van der Waals surface area contributed by atoms with Gasteiger partial charge in [0.1, 0.15) is 0 Å². The maximum atomic E-state index is 4.46. The molecule has 2 heterocycles. The molecule has 0 saturated carbocycles. The van der Waals surface area contributed by atoms with E-state index in [-0.39, 0.29) is 0 Å². The van der Waals surface area contributed by atoms with E-state index in [0.29, 0.717) is 0 Å². The highest BCUT2D eigenvalue weighted by Gasteiger charge is 1.99. The van der Waals surface area contributed by atoms with E-state index < -0.39 is 0 Å². The second kappa shape index (κ2) is 6.71. The number of hydrogen-bond donors (Lipinski definition) is 1. The number of rotatable bonds is 7. The van der Waals surface area contributed by atoms with Crippen LogP contribution in [0.25, 0.3) is 0 Å². The lowest BCUT2D eigenvalue weighted by Gasteiger charge is -2.01. The summed E-state index contributed by atoms with van der Waals surface area (Å²) in [6.45, 7) is 7.29. The predicted octanol–water partition coefficient (Wildman–Crippen LogP) is 3.00. The van der Waals surface area contributed by atoms with Crippen LogP contribution in [0.3, 0.4) is 0 Å². The van der Waals surface area contributed by atoms with Crippen molar-refractivity contribution < 1.29 is 0 Å². The largest absolute Gasteiger partial charge is 0.354 e. The summed E-state index contributed by atoms with van der Waals surface area (Å²) in [6.07, 6.45) is 6.59. The first-order valence-electron chi connectivity index (χ1n) is 6.54. The molecule has 2 aromatic heterocycles. The van der Waals surface area contributed by atoms with Crippen LogP contribution in [0.1, 0.15) is 29.6 Å². The van der Waals surface area contributed by atoms with Crippen molar-refractivity contribution in [2.24, 2.45) is 0 Å². The van der Waals surface area contributed by atoms with Crippen LogP contribution in [0.5, 0.6) is 0 Å². The number of nitrogens with one attached hydrogen (secondary N) is 1. The lowest BCUT2D eigenvalue weighted by atomic mass is 10.3. The Balaban J connectivity index is 1.68. The average Bonchev–Trinajstić information content (AvgIpc) is 2.95. The molecule has 0 unspecified atom stereocenters. The van der Waals surface area contributed by atoms with E-state index in [0.717, 1.165) is 31.7 Å². The van der Waals surface area contributed by atoms with Crippen molar-refractivity contribution >= 4 is 11.3 Å². The first-order chi connectivity index (χ1) is 8.78. The van der Waals surface area contributed by atoms with Crippen LogP contribution in [0.4, 0.5) is 0 Å². The van der Waals surface area contributed by atoms with Gasteiger partial charge in [0.15, 0.2) is 0 Å². The average molecular weight is 263 g/mol. The van der Waals surface area contributed by atoms with E-state index in [1.807, 2.05) is 6.92 Å². The highest BCUT2D eigenvalue weighted by Crippen LogP contribution is 2.08. The predicted molar refractivity (Wildman–Crippen MR) is 77.0 cm³/mol. The summed E-state index contributed by atoms with van der Waals surface area (Å²) in [4.78, 5) is 4.46. The molecule has 4 heteroatoms. The van der Waals surface area contributed by atoms with E-state index >= 15 is 0 Å². The third-order valence-corrected chi connectivity index (χ3v) is 3.83. The second-order valence-electron chi connectivity index (χ2n) is 4.57. The van der Waals surface area contributed by atoms with Crippen molar-refractivity contribution in [2.75, 3.05) is 6.54 Å². The zero-order valence-electron chi connectivity index (χ0n) is 11.1. The Labute approximate surface area is 113 Å². The van der Waals surface area contributed by atoms with Gasteiger partial charge in [0.25, 0.3) is 0 Å². The summed E-state index contributed by atoms with van der Waals surface area (Å²) in [5, 5.41) is 6.81. The molecule has 18 heavy (non-hydrogen) atoms. The molecule has 1 N–H and O–H groups in total. The number of hydrogen-bond acceptors (Lipinski definition) is 3. The van der Waals surface area contributed by atoms with Crippen LogP contribution in [0, 0.1) is 6.92 Å². The van der Waals surface area contributed by atoms with Crippen LogP contribution in [-0.2, 0) is 19.5 Å². The Hall–Kier alpha value is -1.13. The zero-order chi connectivity index (χ0) is 12.8. The van der Waals surface area contributed by atoms with Gasteiger partial charge in [0, 0.05) is 49.5 Å². The monoisotopic (exact) mass is 263 g/mol. The summed E-state index contributed by atoms with van der Waals surface area (Å²) in [5.74, 6) is 0. The first kappa shape index (κ1) is 13.3. The summed E-state index contributed by atoms with van der Waals surface area (Å²) in [5.41, 5.74) is 2.49. The molecule has 0 radical (unpaired) electrons. The fraction of sp³-hybridized carbons (Fsp3) is 0.500. The molecular formula is C14H21N3S. The Morgan fingerprint density at radius 2 is 2.33 bits per heavy atom. The van der Waals surface area contributed by atoms with Crippen LogP contribution in [0.15, 0.2) is 23.8 Å². The highest BCUT2D eigenvalue weighted by molar-refractivity contribution is 7.09. The van der Waals surface area contributed by atoms with Gasteiger partial charge in [-0.1, -0.05) is 6.92 Å². The summed E-state index contributed by atoms with van der Waals surface area (Å²) in [6, 6.07) is 2.19. The molecule has 3 nitrogen and oxygen atoms in total. The van der Waals surface area contributed by atoms with E-state index in [2.05, 4.69) is 45.6 Å². The SMILES string of the molecule is CCCn1ccc(CNCCc2nc(C)cs2)c1. The first-order valence-corrected chi connectivity index (χ1v) is 7.42. The quantitative estimate of drug-likeness (QED) is 0.778. The van der Waals surface area contributed by atoms with Gasteiger partial charge in [-0.3, -0.25) is 0 Å². The van der Waals surface area contributed by atoms with Gasteiger partial charge in [0.05, 0.1) is 5.01 Å². The molecule has 98 valence electrons. The van der Waals surface area contributed by atoms with Crippen LogP contribution >= 0.6 is 11.3 Å². The lowest BCUT2D eigenvalue weighted by molar-refractivity contribution is 0.666. The van der Waals surface area contributed by atoms with E-state index in [4.69, 9.17) is 0 Å². The van der Waals surface area contributed by atoms with Crippen molar-refractivity contribution in [1.29, 1.82) is 0 Å². The Bertz CT molecular complexity index is 473. The molecule has 2 rings (SSSR count). The molecule has 0 bridgehead atoms. The fourth-order valence-electron chi connectivity index (χ4n) is 1.94. The van der Waals surface area contributed by atoms with E-state index in [9.17, 15) is 0 Å². The summed E-state index contributed by atoms with van der Waals surface area (Å²) in [7, 11) is 0. The number of aromatic nitrogens is 2. The van der Waals surface area contributed by atoms with Gasteiger partial charge in [-0.2, -0.15) is 0 Å². The molecule has 0 atom stereocenters. The molecule has 0 amide bonds. The molecule has 0 aromatic carbocycles. The normalized spacial score (nSPS) is 11.0. The third-order valence-electron chi connectivity index (χ3n) is 2.80. The minimum Gasteiger partial charge on any atom is -0.354 e. The lowest BCUT2D eigenvalue weighted by Crippen LogP contribution is -2.16. The Kier molecular flexibility index (Phi) is 4.96. The highest BCUT2D eigenvalue weighted by atomic mass is 32.1. The molecule has 0 aliphatic carbocycles. The van der Waals surface area contributed by atoms with Crippen molar-refractivity contribution in [2.45, 2.75) is 39.8 Å². The van der Waals surface area contributed by atoms with Crippen molar-refractivity contribution in [1.82, 2.24) is 14.9 Å². The molecule has 0 aliphatic rings. The minimum atomic E-state index is 0.946. The van der Waals surface area contributed by atoms with Gasteiger partial charge in [-0.15, -0.1) is 11.3 Å². The number of nitrogens with zero attached hydrogens (tertiary/aromatic N) is 2. The smallest absolute Gasteiger partial charge is 0.0940 e. The maximum Gasteiger partial charge on any atom is 0.0940 e. The Morgan fingerprint density at radius 1 is 1.44 bits per heavy atom. The standard InChI is InChI=1S/C14H21N3S/c1-3-7-17-8-5-13(10-17)9-15-6-4-14-16-12(2)11-18-14/h5,8,10-11,15H,3-4,6-7,9H2,1-2H3. The molecule has 2 aromatic rings. The fourth-order valence-corrected chi connectivity index (χ4v) is 2.71. The van der Waals surface area contributed by atoms with Gasteiger partial charge in [0.2, 0.25) is 0 Å². The second-order valence-corrected chi connectivity index (χ2v) is 5.51. The minimum absolute atomic E-state index is 0.946. The molecule has 0 aliphatic heterocycles. The molecular weight excluding hydrogens is 242 g/mol. The number of thiazole rings is 1. The summed E-state index contributed by atoms with van der Waals surface area (Å²) < 4.78 is 2.25.